The van der Waals surface area contributed by atoms with Crippen molar-refractivity contribution in [2.45, 2.75) is 19.1 Å². The molecule has 0 saturated heterocycles. The highest BCUT2D eigenvalue weighted by molar-refractivity contribution is 5.54. The molecule has 0 unspecified atom stereocenters. The summed E-state index contributed by atoms with van der Waals surface area (Å²) in [5, 5.41) is 3.86. The zero-order valence-electron chi connectivity index (χ0n) is 14.8. The van der Waals surface area contributed by atoms with Crippen LogP contribution in [0.3, 0.4) is 0 Å². The van der Waals surface area contributed by atoms with Crippen molar-refractivity contribution < 1.29 is 14.0 Å². The van der Waals surface area contributed by atoms with Crippen molar-refractivity contribution >= 4 is 5.82 Å². The van der Waals surface area contributed by atoms with Crippen LogP contribution in [0.4, 0.5) is 5.82 Å². The molecular formula is C19H20N4O3. The SMILES string of the molecule is COCc1noc(-c2ccc(N(C)C[C@H]3Cc4ccccc4O3)nc2)n1. The van der Waals surface area contributed by atoms with Crippen molar-refractivity contribution in [3.8, 4) is 17.2 Å². The average Bonchev–Trinajstić information content (AvgIpc) is 3.28. The molecule has 0 bridgehead atoms. The van der Waals surface area contributed by atoms with E-state index in [0.29, 0.717) is 18.3 Å². The molecule has 0 spiro atoms. The molecule has 4 rings (SSSR count). The van der Waals surface area contributed by atoms with Gasteiger partial charge in [-0.15, -0.1) is 0 Å². The summed E-state index contributed by atoms with van der Waals surface area (Å²) < 4.78 is 16.2. The monoisotopic (exact) mass is 352 g/mol. The van der Waals surface area contributed by atoms with E-state index in [-0.39, 0.29) is 6.10 Å². The summed E-state index contributed by atoms with van der Waals surface area (Å²) >= 11 is 0. The van der Waals surface area contributed by atoms with Gasteiger partial charge in [0.05, 0.1) is 12.1 Å². The summed E-state index contributed by atoms with van der Waals surface area (Å²) in [5.74, 6) is 2.80. The van der Waals surface area contributed by atoms with Crippen molar-refractivity contribution in [3.63, 3.8) is 0 Å². The van der Waals surface area contributed by atoms with Gasteiger partial charge in [0.2, 0.25) is 0 Å². The van der Waals surface area contributed by atoms with Crippen LogP contribution in [0.2, 0.25) is 0 Å². The van der Waals surface area contributed by atoms with Crippen LogP contribution in [-0.2, 0) is 17.8 Å². The van der Waals surface area contributed by atoms with Crippen molar-refractivity contribution in [1.29, 1.82) is 0 Å². The van der Waals surface area contributed by atoms with Crippen LogP contribution in [0.25, 0.3) is 11.5 Å². The Morgan fingerprint density at radius 1 is 1.23 bits per heavy atom. The van der Waals surface area contributed by atoms with E-state index >= 15 is 0 Å². The van der Waals surface area contributed by atoms with Crippen LogP contribution in [0.1, 0.15) is 11.4 Å². The number of fused-ring (bicyclic) bond motifs is 1. The molecule has 1 atom stereocenters. The highest BCUT2D eigenvalue weighted by Gasteiger charge is 2.24. The van der Waals surface area contributed by atoms with Crippen LogP contribution >= 0.6 is 0 Å². The van der Waals surface area contributed by atoms with Gasteiger partial charge in [0, 0.05) is 26.8 Å². The molecule has 3 aromatic rings. The highest BCUT2D eigenvalue weighted by Crippen LogP contribution is 2.29. The number of methoxy groups -OCH3 is 1. The van der Waals surface area contributed by atoms with Gasteiger partial charge in [0.15, 0.2) is 5.82 Å². The minimum Gasteiger partial charge on any atom is -0.488 e. The third kappa shape index (κ3) is 3.39. The summed E-state index contributed by atoms with van der Waals surface area (Å²) in [6.07, 6.45) is 2.79. The van der Waals surface area contributed by atoms with E-state index in [4.69, 9.17) is 14.0 Å². The fourth-order valence-corrected chi connectivity index (χ4v) is 3.05. The third-order valence-electron chi connectivity index (χ3n) is 4.32. The number of hydrogen-bond acceptors (Lipinski definition) is 7. The lowest BCUT2D eigenvalue weighted by atomic mass is 10.1. The second kappa shape index (κ2) is 7.13. The Kier molecular flexibility index (Phi) is 4.53. The van der Waals surface area contributed by atoms with Crippen LogP contribution in [0.5, 0.6) is 5.75 Å². The maximum atomic E-state index is 6.00. The van der Waals surface area contributed by atoms with Crippen LogP contribution in [0, 0.1) is 0 Å². The zero-order valence-corrected chi connectivity index (χ0v) is 14.8. The first-order valence-corrected chi connectivity index (χ1v) is 8.46. The molecule has 1 aliphatic rings. The molecule has 0 N–H and O–H groups in total. The lowest BCUT2D eigenvalue weighted by Crippen LogP contribution is -2.32. The Morgan fingerprint density at radius 3 is 2.88 bits per heavy atom. The number of para-hydroxylation sites is 1. The average molecular weight is 352 g/mol. The smallest absolute Gasteiger partial charge is 0.259 e. The summed E-state index contributed by atoms with van der Waals surface area (Å²) in [5.41, 5.74) is 2.04. The van der Waals surface area contributed by atoms with Gasteiger partial charge in [-0.2, -0.15) is 4.98 Å². The molecule has 26 heavy (non-hydrogen) atoms. The molecule has 0 saturated carbocycles. The fourth-order valence-electron chi connectivity index (χ4n) is 3.05. The Morgan fingerprint density at radius 2 is 2.12 bits per heavy atom. The Balaban J connectivity index is 1.40. The van der Waals surface area contributed by atoms with Gasteiger partial charge in [0.25, 0.3) is 5.89 Å². The maximum absolute atomic E-state index is 6.00. The van der Waals surface area contributed by atoms with Crippen molar-refractivity contribution in [2.75, 3.05) is 25.6 Å². The number of nitrogens with zero attached hydrogens (tertiary/aromatic N) is 4. The molecule has 7 heteroatoms. The summed E-state index contributed by atoms with van der Waals surface area (Å²) in [7, 11) is 3.60. The first-order chi connectivity index (χ1) is 12.7. The standard InChI is InChI=1S/C19H20N4O3/c1-23(11-15-9-13-5-3-4-6-16(13)25-15)18-8-7-14(10-20-18)19-21-17(12-24-2)22-26-19/h3-8,10,15H,9,11-12H2,1-2H3/t15-/m1/s1. The molecule has 0 aliphatic carbocycles. The van der Waals surface area contributed by atoms with Gasteiger partial charge in [0.1, 0.15) is 24.3 Å². The van der Waals surface area contributed by atoms with Crippen LogP contribution in [0.15, 0.2) is 47.1 Å². The predicted molar refractivity (Wildman–Crippen MR) is 96.1 cm³/mol. The summed E-state index contributed by atoms with van der Waals surface area (Å²) in [6.45, 7) is 1.08. The van der Waals surface area contributed by atoms with Gasteiger partial charge < -0.3 is 18.9 Å². The third-order valence-corrected chi connectivity index (χ3v) is 4.32. The predicted octanol–water partition coefficient (Wildman–Crippen LogP) is 2.72. The largest absolute Gasteiger partial charge is 0.488 e. The number of likely N-dealkylation sites (N-methyl/N-ethyl adjacent to an activating group) is 1. The summed E-state index contributed by atoms with van der Waals surface area (Å²) in [4.78, 5) is 10.9. The topological polar surface area (TPSA) is 73.5 Å². The Hall–Kier alpha value is -2.93. The minimum absolute atomic E-state index is 0.131. The van der Waals surface area contributed by atoms with Crippen molar-refractivity contribution in [2.24, 2.45) is 0 Å². The molecule has 0 amide bonds. The second-order valence-corrected chi connectivity index (χ2v) is 6.29. The Bertz CT molecular complexity index is 854. The zero-order chi connectivity index (χ0) is 17.9. The number of anilines is 1. The molecule has 0 radical (unpaired) electrons. The van der Waals surface area contributed by atoms with Gasteiger partial charge in [-0.25, -0.2) is 4.98 Å². The van der Waals surface area contributed by atoms with E-state index in [1.54, 1.807) is 13.3 Å². The lowest BCUT2D eigenvalue weighted by molar-refractivity contribution is 0.174. The second-order valence-electron chi connectivity index (χ2n) is 6.29. The Labute approximate surface area is 151 Å². The first-order valence-electron chi connectivity index (χ1n) is 8.46. The molecule has 1 aliphatic heterocycles. The molecular weight excluding hydrogens is 332 g/mol. The molecule has 3 heterocycles. The van der Waals surface area contributed by atoms with Gasteiger partial charge in [-0.05, 0) is 23.8 Å². The molecule has 1 aromatic carbocycles. The number of benzene rings is 1. The van der Waals surface area contributed by atoms with E-state index < -0.39 is 0 Å². The number of ether oxygens (including phenoxy) is 2. The first kappa shape index (κ1) is 16.5. The number of pyridine rings is 1. The summed E-state index contributed by atoms with van der Waals surface area (Å²) in [6, 6.07) is 12.0. The van der Waals surface area contributed by atoms with Crippen molar-refractivity contribution in [1.82, 2.24) is 15.1 Å². The van der Waals surface area contributed by atoms with E-state index in [0.717, 1.165) is 30.1 Å². The fraction of sp³-hybridized carbons (Fsp3) is 0.316. The van der Waals surface area contributed by atoms with Crippen molar-refractivity contribution in [3.05, 3.63) is 54.0 Å². The highest BCUT2D eigenvalue weighted by atomic mass is 16.5. The minimum atomic E-state index is 0.131. The molecule has 7 nitrogen and oxygen atoms in total. The maximum Gasteiger partial charge on any atom is 0.259 e. The van der Waals surface area contributed by atoms with E-state index in [2.05, 4.69) is 26.1 Å². The van der Waals surface area contributed by atoms with Gasteiger partial charge >= 0.3 is 0 Å². The van der Waals surface area contributed by atoms with E-state index in [1.165, 1.54) is 5.56 Å². The van der Waals surface area contributed by atoms with E-state index in [9.17, 15) is 0 Å². The lowest BCUT2D eigenvalue weighted by Gasteiger charge is -2.22. The number of aromatic nitrogens is 3. The number of rotatable bonds is 6. The van der Waals surface area contributed by atoms with Gasteiger partial charge in [-0.3, -0.25) is 0 Å². The van der Waals surface area contributed by atoms with E-state index in [1.807, 2.05) is 37.4 Å². The van der Waals surface area contributed by atoms with Gasteiger partial charge in [-0.1, -0.05) is 23.4 Å². The molecule has 0 fully saturated rings. The van der Waals surface area contributed by atoms with Crippen LogP contribution < -0.4 is 9.64 Å². The normalized spacial score (nSPS) is 15.5. The molecule has 2 aromatic heterocycles. The number of hydrogen-bond donors (Lipinski definition) is 0. The molecule has 134 valence electrons. The quantitative estimate of drug-likeness (QED) is 0.675. The van der Waals surface area contributed by atoms with Crippen LogP contribution in [-0.4, -0.2) is 41.9 Å².